The summed E-state index contributed by atoms with van der Waals surface area (Å²) in [6, 6.07) is 18.4. The summed E-state index contributed by atoms with van der Waals surface area (Å²) in [6.45, 7) is 0.581. The molecule has 98 valence electrons. The van der Waals surface area contributed by atoms with E-state index < -0.39 is 4.33 Å². The fourth-order valence-corrected chi connectivity index (χ4v) is 2.52. The fraction of sp³-hybridized carbons (Fsp3) is 0.250. The summed E-state index contributed by atoms with van der Waals surface area (Å²) in [5.74, 6) is 1.11. The van der Waals surface area contributed by atoms with Crippen molar-refractivity contribution in [2.45, 2.75) is 10.8 Å². The molecule has 0 radical (unpaired) electrons. The van der Waals surface area contributed by atoms with E-state index in [9.17, 15) is 0 Å². The third-order valence-corrected chi connectivity index (χ3v) is 4.29. The molecule has 0 N–H and O–H groups in total. The number of hydrogen-bond acceptors (Lipinski definition) is 1. The monoisotopic (exact) mass is 292 g/mol. The molecule has 1 aliphatic rings. The van der Waals surface area contributed by atoms with Gasteiger partial charge in [0.25, 0.3) is 0 Å². The van der Waals surface area contributed by atoms with E-state index in [-0.39, 0.29) is 5.92 Å². The highest BCUT2D eigenvalue weighted by Gasteiger charge is 2.52. The SMILES string of the molecule is ClC1(Cl)C[C@@H]1COc1ccc(-c2ccccc2)cc1. The Morgan fingerprint density at radius 1 is 0.947 bits per heavy atom. The number of ether oxygens (including phenoxy) is 1. The molecule has 1 saturated carbocycles. The van der Waals surface area contributed by atoms with Gasteiger partial charge in [0, 0.05) is 5.92 Å². The van der Waals surface area contributed by atoms with E-state index in [1.54, 1.807) is 0 Å². The molecular weight excluding hydrogens is 279 g/mol. The number of hydrogen-bond donors (Lipinski definition) is 0. The molecule has 0 bridgehead atoms. The third kappa shape index (κ3) is 3.05. The zero-order chi connectivity index (χ0) is 13.3. The lowest BCUT2D eigenvalue weighted by molar-refractivity contribution is 0.298. The van der Waals surface area contributed by atoms with Crippen molar-refractivity contribution in [3.63, 3.8) is 0 Å². The molecule has 0 unspecified atom stereocenters. The van der Waals surface area contributed by atoms with Gasteiger partial charge in [0.05, 0.1) is 6.61 Å². The molecule has 1 nitrogen and oxygen atoms in total. The van der Waals surface area contributed by atoms with Crippen molar-refractivity contribution in [2.24, 2.45) is 5.92 Å². The van der Waals surface area contributed by atoms with Crippen molar-refractivity contribution in [3.05, 3.63) is 54.6 Å². The van der Waals surface area contributed by atoms with Gasteiger partial charge in [0.2, 0.25) is 0 Å². The summed E-state index contributed by atoms with van der Waals surface area (Å²) in [6.07, 6.45) is 0.818. The van der Waals surface area contributed by atoms with E-state index in [0.717, 1.165) is 12.2 Å². The smallest absolute Gasteiger partial charge is 0.125 e. The summed E-state index contributed by atoms with van der Waals surface area (Å²) < 4.78 is 5.12. The molecule has 1 fully saturated rings. The molecule has 0 spiro atoms. The van der Waals surface area contributed by atoms with Crippen LogP contribution in [0.5, 0.6) is 5.75 Å². The van der Waals surface area contributed by atoms with Gasteiger partial charge in [-0.1, -0.05) is 42.5 Å². The maximum Gasteiger partial charge on any atom is 0.125 e. The van der Waals surface area contributed by atoms with E-state index in [1.165, 1.54) is 11.1 Å². The van der Waals surface area contributed by atoms with Crippen molar-refractivity contribution in [1.82, 2.24) is 0 Å². The summed E-state index contributed by atoms with van der Waals surface area (Å²) in [7, 11) is 0. The first-order chi connectivity index (χ1) is 9.15. The molecule has 0 amide bonds. The Balaban J connectivity index is 1.63. The zero-order valence-corrected chi connectivity index (χ0v) is 11.9. The molecule has 1 atom stereocenters. The molecule has 2 aromatic carbocycles. The first-order valence-electron chi connectivity index (χ1n) is 6.31. The van der Waals surface area contributed by atoms with Crippen LogP contribution in [0.3, 0.4) is 0 Å². The minimum absolute atomic E-state index is 0.254. The normalized spacial score (nSPS) is 20.0. The second kappa shape index (κ2) is 5.07. The second-order valence-electron chi connectivity index (χ2n) is 4.86. The second-order valence-corrected chi connectivity index (χ2v) is 6.41. The molecule has 3 rings (SSSR count). The van der Waals surface area contributed by atoms with Crippen LogP contribution in [0, 0.1) is 5.92 Å². The van der Waals surface area contributed by atoms with Crippen molar-refractivity contribution in [1.29, 1.82) is 0 Å². The van der Waals surface area contributed by atoms with Gasteiger partial charge in [-0.25, -0.2) is 0 Å². The van der Waals surface area contributed by atoms with E-state index in [4.69, 9.17) is 27.9 Å². The Labute approximate surface area is 123 Å². The Morgan fingerprint density at radius 2 is 1.53 bits per heavy atom. The summed E-state index contributed by atoms with van der Waals surface area (Å²) >= 11 is 11.9. The van der Waals surface area contributed by atoms with Gasteiger partial charge in [0.1, 0.15) is 10.1 Å². The summed E-state index contributed by atoms with van der Waals surface area (Å²) in [5.41, 5.74) is 2.39. The maximum atomic E-state index is 5.96. The molecule has 0 aromatic heterocycles. The fourth-order valence-electron chi connectivity index (χ4n) is 2.02. The third-order valence-electron chi connectivity index (χ3n) is 3.37. The van der Waals surface area contributed by atoms with E-state index in [0.29, 0.717) is 6.61 Å². The van der Waals surface area contributed by atoms with Crippen LogP contribution in [0.1, 0.15) is 6.42 Å². The first kappa shape index (κ1) is 12.8. The van der Waals surface area contributed by atoms with Gasteiger partial charge in [-0.2, -0.15) is 0 Å². The van der Waals surface area contributed by atoms with Gasteiger partial charge in [-0.3, -0.25) is 0 Å². The molecule has 19 heavy (non-hydrogen) atoms. The highest BCUT2D eigenvalue weighted by Crippen LogP contribution is 2.53. The molecule has 3 heteroatoms. The standard InChI is InChI=1S/C16H14Cl2O/c17-16(18)10-14(16)11-19-15-8-6-13(7-9-15)12-4-2-1-3-5-12/h1-9,14H,10-11H2/t14-/m1/s1. The Hall–Kier alpha value is -1.18. The van der Waals surface area contributed by atoms with Crippen LogP contribution in [0.25, 0.3) is 11.1 Å². The van der Waals surface area contributed by atoms with Crippen LogP contribution < -0.4 is 4.74 Å². The van der Waals surface area contributed by atoms with Crippen molar-refractivity contribution in [3.8, 4) is 16.9 Å². The number of rotatable bonds is 4. The predicted molar refractivity (Wildman–Crippen MR) is 79.9 cm³/mol. The van der Waals surface area contributed by atoms with Gasteiger partial charge >= 0.3 is 0 Å². The maximum absolute atomic E-state index is 5.96. The molecule has 2 aromatic rings. The first-order valence-corrected chi connectivity index (χ1v) is 7.07. The Bertz CT molecular complexity index is 549. The molecule has 0 saturated heterocycles. The van der Waals surface area contributed by atoms with Crippen LogP contribution in [0.15, 0.2) is 54.6 Å². The lowest BCUT2D eigenvalue weighted by Gasteiger charge is -2.07. The van der Waals surface area contributed by atoms with Crippen molar-refractivity contribution in [2.75, 3.05) is 6.61 Å². The van der Waals surface area contributed by atoms with E-state index in [1.807, 2.05) is 30.3 Å². The lowest BCUT2D eigenvalue weighted by atomic mass is 10.1. The van der Waals surface area contributed by atoms with Crippen molar-refractivity contribution >= 4 is 23.2 Å². The lowest BCUT2D eigenvalue weighted by Crippen LogP contribution is -2.04. The molecule has 0 aliphatic heterocycles. The topological polar surface area (TPSA) is 9.23 Å². The predicted octanol–water partition coefficient (Wildman–Crippen LogP) is 4.93. The van der Waals surface area contributed by atoms with Gasteiger partial charge in [-0.05, 0) is 29.7 Å². The van der Waals surface area contributed by atoms with Gasteiger partial charge < -0.3 is 4.74 Å². The van der Waals surface area contributed by atoms with Crippen LogP contribution in [-0.2, 0) is 0 Å². The van der Waals surface area contributed by atoms with Crippen LogP contribution in [0.4, 0.5) is 0 Å². The summed E-state index contributed by atoms with van der Waals surface area (Å²) in [4.78, 5) is 0. The van der Waals surface area contributed by atoms with Crippen LogP contribution >= 0.6 is 23.2 Å². The minimum atomic E-state index is -0.565. The number of benzene rings is 2. The molecule has 1 aliphatic carbocycles. The van der Waals surface area contributed by atoms with E-state index >= 15 is 0 Å². The average Bonchev–Trinajstić information content (AvgIpc) is 3.06. The van der Waals surface area contributed by atoms with Gasteiger partial charge in [0.15, 0.2) is 0 Å². The zero-order valence-electron chi connectivity index (χ0n) is 10.4. The van der Waals surface area contributed by atoms with Gasteiger partial charge in [-0.15, -0.1) is 23.2 Å². The van der Waals surface area contributed by atoms with Crippen LogP contribution in [0.2, 0.25) is 0 Å². The Kier molecular flexibility index (Phi) is 3.42. The highest BCUT2D eigenvalue weighted by molar-refractivity contribution is 6.50. The van der Waals surface area contributed by atoms with Crippen LogP contribution in [-0.4, -0.2) is 10.9 Å². The molecule has 0 heterocycles. The van der Waals surface area contributed by atoms with E-state index in [2.05, 4.69) is 24.3 Å². The largest absolute Gasteiger partial charge is 0.493 e. The minimum Gasteiger partial charge on any atom is -0.493 e. The number of halogens is 2. The van der Waals surface area contributed by atoms with Crippen molar-refractivity contribution < 1.29 is 4.74 Å². The Morgan fingerprint density at radius 3 is 2.11 bits per heavy atom. The number of alkyl halides is 2. The highest BCUT2D eigenvalue weighted by atomic mass is 35.5. The average molecular weight is 293 g/mol. The summed E-state index contributed by atoms with van der Waals surface area (Å²) in [5, 5.41) is 0. The molecular formula is C16H14Cl2O. The quantitative estimate of drug-likeness (QED) is 0.726.